The van der Waals surface area contributed by atoms with E-state index in [0.717, 1.165) is 17.7 Å². The van der Waals surface area contributed by atoms with E-state index in [1.165, 1.54) is 12.1 Å². The fraction of sp³-hybridized carbons (Fsp3) is 0.438. The van der Waals surface area contributed by atoms with Crippen LogP contribution in [0.15, 0.2) is 29.4 Å². The van der Waals surface area contributed by atoms with Crippen molar-refractivity contribution in [1.82, 2.24) is 25.5 Å². The molecule has 0 saturated carbocycles. The Morgan fingerprint density at radius 1 is 1.26 bits per heavy atom. The van der Waals surface area contributed by atoms with Gasteiger partial charge in [0.15, 0.2) is 0 Å². The van der Waals surface area contributed by atoms with Crippen LogP contribution in [0.1, 0.15) is 36.8 Å². The van der Waals surface area contributed by atoms with Crippen molar-refractivity contribution in [3.05, 3.63) is 35.4 Å². The Hall–Kier alpha value is -2.98. The molecule has 27 heavy (non-hydrogen) atoms. The van der Waals surface area contributed by atoms with Gasteiger partial charge in [-0.05, 0) is 48.6 Å². The van der Waals surface area contributed by atoms with Crippen LogP contribution < -0.4 is 5.43 Å². The molecule has 1 aromatic heterocycles. The molecule has 1 aliphatic rings. The van der Waals surface area contributed by atoms with Crippen LogP contribution >= 0.6 is 0 Å². The van der Waals surface area contributed by atoms with Gasteiger partial charge in [-0.2, -0.15) is 23.5 Å². The van der Waals surface area contributed by atoms with Crippen LogP contribution in [0.25, 0.3) is 0 Å². The molecular formula is C16H18F3N7O. The van der Waals surface area contributed by atoms with Crippen molar-refractivity contribution in [2.75, 3.05) is 18.5 Å². The standard InChI is InChI=1S/C16H18F3N7O/c1-10(20-21-15-22-24-25-23-15)14(27)26-8-6-12(7-9-26)11-2-4-13(5-3-11)16(17,18)19/h2-5,12H,6-9H2,1H3,(H2,21,22,23,24,25)/b20-10+. The number of tetrazole rings is 1. The lowest BCUT2D eigenvalue weighted by molar-refractivity contribution is -0.137. The first-order valence-electron chi connectivity index (χ1n) is 8.35. The molecule has 0 bridgehead atoms. The Morgan fingerprint density at radius 2 is 1.93 bits per heavy atom. The van der Waals surface area contributed by atoms with Crippen LogP contribution in [-0.4, -0.2) is 50.2 Å². The van der Waals surface area contributed by atoms with E-state index in [9.17, 15) is 18.0 Å². The second kappa shape index (κ2) is 7.72. The summed E-state index contributed by atoms with van der Waals surface area (Å²) in [5.74, 6) is 0.0751. The molecule has 3 rings (SSSR count). The highest BCUT2D eigenvalue weighted by Crippen LogP contribution is 2.32. The third kappa shape index (κ3) is 4.60. The fourth-order valence-corrected chi connectivity index (χ4v) is 2.98. The first-order valence-corrected chi connectivity index (χ1v) is 8.35. The van der Waals surface area contributed by atoms with Crippen LogP contribution in [0.2, 0.25) is 0 Å². The van der Waals surface area contributed by atoms with Crippen molar-refractivity contribution < 1.29 is 18.0 Å². The Labute approximate surface area is 152 Å². The molecule has 0 spiro atoms. The predicted octanol–water partition coefficient (Wildman–Crippen LogP) is 2.41. The van der Waals surface area contributed by atoms with Gasteiger partial charge in [0.2, 0.25) is 0 Å². The molecular weight excluding hydrogens is 363 g/mol. The molecule has 2 heterocycles. The molecule has 0 radical (unpaired) electrons. The summed E-state index contributed by atoms with van der Waals surface area (Å²) in [6, 6.07) is 5.25. The summed E-state index contributed by atoms with van der Waals surface area (Å²) in [4.78, 5) is 14.1. The molecule has 8 nitrogen and oxygen atoms in total. The molecule has 0 aliphatic carbocycles. The minimum Gasteiger partial charge on any atom is -0.338 e. The van der Waals surface area contributed by atoms with Gasteiger partial charge in [0, 0.05) is 13.1 Å². The van der Waals surface area contributed by atoms with E-state index in [4.69, 9.17) is 0 Å². The van der Waals surface area contributed by atoms with Gasteiger partial charge in [0.05, 0.1) is 5.56 Å². The van der Waals surface area contributed by atoms with E-state index < -0.39 is 11.7 Å². The highest BCUT2D eigenvalue weighted by atomic mass is 19.4. The Kier molecular flexibility index (Phi) is 5.38. The number of nitrogens with zero attached hydrogens (tertiary/aromatic N) is 5. The SMILES string of the molecule is C/C(=N\Nc1nn[nH]n1)C(=O)N1CCC(c2ccc(C(F)(F)F)cc2)CC1. The number of carbonyl (C=O) groups excluding carboxylic acids is 1. The number of rotatable bonds is 4. The zero-order chi connectivity index (χ0) is 19.4. The third-order valence-corrected chi connectivity index (χ3v) is 4.47. The van der Waals surface area contributed by atoms with Crippen LogP contribution in [0.3, 0.4) is 0 Å². The van der Waals surface area contributed by atoms with Gasteiger partial charge in [0.1, 0.15) is 5.71 Å². The van der Waals surface area contributed by atoms with Gasteiger partial charge >= 0.3 is 6.18 Å². The van der Waals surface area contributed by atoms with Gasteiger partial charge in [0.25, 0.3) is 11.9 Å². The van der Waals surface area contributed by atoms with Crippen molar-refractivity contribution >= 4 is 17.6 Å². The number of halogens is 3. The lowest BCUT2D eigenvalue weighted by Crippen LogP contribution is -2.41. The van der Waals surface area contributed by atoms with Crippen molar-refractivity contribution in [2.45, 2.75) is 31.9 Å². The average Bonchev–Trinajstić information content (AvgIpc) is 3.19. The molecule has 0 unspecified atom stereocenters. The minimum atomic E-state index is -4.33. The van der Waals surface area contributed by atoms with Gasteiger partial charge < -0.3 is 4.90 Å². The number of aromatic nitrogens is 4. The van der Waals surface area contributed by atoms with Crippen molar-refractivity contribution in [2.24, 2.45) is 5.10 Å². The quantitative estimate of drug-likeness (QED) is 0.626. The number of benzene rings is 1. The summed E-state index contributed by atoms with van der Waals surface area (Å²) in [6.07, 6.45) is -2.97. The number of H-pyrrole nitrogens is 1. The van der Waals surface area contributed by atoms with Crippen LogP contribution in [0.5, 0.6) is 0 Å². The van der Waals surface area contributed by atoms with E-state index in [0.29, 0.717) is 25.9 Å². The van der Waals surface area contributed by atoms with Gasteiger partial charge in [-0.15, -0.1) is 5.10 Å². The molecule has 1 aliphatic heterocycles. The molecule has 1 aromatic carbocycles. The van der Waals surface area contributed by atoms with E-state index in [2.05, 4.69) is 31.2 Å². The number of hydrogen-bond donors (Lipinski definition) is 2. The molecule has 2 aromatic rings. The number of carbonyl (C=O) groups is 1. The number of anilines is 1. The van der Waals surface area contributed by atoms with E-state index in [-0.39, 0.29) is 23.5 Å². The van der Waals surface area contributed by atoms with Gasteiger partial charge in [-0.3, -0.25) is 4.79 Å². The smallest absolute Gasteiger partial charge is 0.338 e. The van der Waals surface area contributed by atoms with E-state index >= 15 is 0 Å². The largest absolute Gasteiger partial charge is 0.416 e. The first kappa shape index (κ1) is 18.8. The number of amides is 1. The fourth-order valence-electron chi connectivity index (χ4n) is 2.98. The summed E-state index contributed by atoms with van der Waals surface area (Å²) in [6.45, 7) is 2.61. The molecule has 1 saturated heterocycles. The Bertz CT molecular complexity index is 794. The Morgan fingerprint density at radius 3 is 2.48 bits per heavy atom. The monoisotopic (exact) mass is 381 g/mol. The predicted molar refractivity (Wildman–Crippen MR) is 90.9 cm³/mol. The van der Waals surface area contributed by atoms with E-state index in [1.807, 2.05) is 0 Å². The maximum atomic E-state index is 12.7. The molecule has 1 fully saturated rings. The summed E-state index contributed by atoms with van der Waals surface area (Å²) in [5, 5.41) is 16.9. The number of hydrazone groups is 1. The topological polar surface area (TPSA) is 99.2 Å². The highest BCUT2D eigenvalue weighted by Gasteiger charge is 2.31. The molecule has 1 amide bonds. The van der Waals surface area contributed by atoms with Crippen LogP contribution in [0.4, 0.5) is 19.1 Å². The zero-order valence-electron chi connectivity index (χ0n) is 14.5. The molecule has 2 N–H and O–H groups in total. The second-order valence-electron chi connectivity index (χ2n) is 6.23. The Balaban J connectivity index is 1.55. The van der Waals surface area contributed by atoms with Crippen LogP contribution in [0, 0.1) is 0 Å². The van der Waals surface area contributed by atoms with Gasteiger partial charge in [-0.1, -0.05) is 17.2 Å². The lowest BCUT2D eigenvalue weighted by atomic mass is 9.89. The summed E-state index contributed by atoms with van der Waals surface area (Å²) in [7, 11) is 0. The number of hydrogen-bond acceptors (Lipinski definition) is 6. The molecule has 144 valence electrons. The number of aromatic amines is 1. The van der Waals surface area contributed by atoms with Crippen molar-refractivity contribution in [1.29, 1.82) is 0 Å². The van der Waals surface area contributed by atoms with Crippen molar-refractivity contribution in [3.63, 3.8) is 0 Å². The maximum Gasteiger partial charge on any atom is 0.416 e. The van der Waals surface area contributed by atoms with Gasteiger partial charge in [-0.25, -0.2) is 5.43 Å². The first-order chi connectivity index (χ1) is 12.8. The maximum absolute atomic E-state index is 12.7. The average molecular weight is 381 g/mol. The highest BCUT2D eigenvalue weighted by molar-refractivity contribution is 6.37. The number of piperidine rings is 1. The summed E-state index contributed by atoms with van der Waals surface area (Å²) >= 11 is 0. The van der Waals surface area contributed by atoms with E-state index in [1.54, 1.807) is 11.8 Å². The number of likely N-dealkylation sites (tertiary alicyclic amines) is 1. The zero-order valence-corrected chi connectivity index (χ0v) is 14.5. The summed E-state index contributed by atoms with van der Waals surface area (Å²) < 4.78 is 38.0. The minimum absolute atomic E-state index is 0.131. The number of nitrogens with one attached hydrogen (secondary N) is 2. The normalized spacial score (nSPS) is 16.4. The summed E-state index contributed by atoms with van der Waals surface area (Å²) in [5.41, 5.74) is 2.99. The number of alkyl halides is 3. The van der Waals surface area contributed by atoms with Crippen LogP contribution in [-0.2, 0) is 11.0 Å². The second-order valence-corrected chi connectivity index (χ2v) is 6.23. The third-order valence-electron chi connectivity index (χ3n) is 4.47. The lowest BCUT2D eigenvalue weighted by Gasteiger charge is -2.32. The molecule has 11 heteroatoms. The van der Waals surface area contributed by atoms with Crippen molar-refractivity contribution in [3.8, 4) is 0 Å². The molecule has 0 atom stereocenters.